The summed E-state index contributed by atoms with van der Waals surface area (Å²) in [4.78, 5) is 13.3. The predicted octanol–water partition coefficient (Wildman–Crippen LogP) is 4.19. The van der Waals surface area contributed by atoms with Crippen LogP contribution in [0.5, 0.6) is 11.5 Å². The number of benzene rings is 1. The summed E-state index contributed by atoms with van der Waals surface area (Å²) in [7, 11) is 3.23. The lowest BCUT2D eigenvalue weighted by Crippen LogP contribution is -2.31. The van der Waals surface area contributed by atoms with Gasteiger partial charge in [-0.2, -0.15) is 0 Å². The highest BCUT2D eigenvalue weighted by atomic mass is 32.2. The Morgan fingerprint density at radius 2 is 2.04 bits per heavy atom. The number of rotatable bonds is 8. The van der Waals surface area contributed by atoms with Gasteiger partial charge in [0, 0.05) is 11.4 Å². The van der Waals surface area contributed by atoms with E-state index in [1.54, 1.807) is 14.2 Å². The Labute approximate surface area is 149 Å². The highest BCUT2D eigenvalue weighted by molar-refractivity contribution is 8.00. The van der Waals surface area contributed by atoms with Gasteiger partial charge in [-0.3, -0.25) is 4.79 Å². The third kappa shape index (κ3) is 5.48. The van der Waals surface area contributed by atoms with E-state index in [9.17, 15) is 4.79 Å². The highest BCUT2D eigenvalue weighted by Gasteiger charge is 2.15. The van der Waals surface area contributed by atoms with Gasteiger partial charge in [-0.25, -0.2) is 0 Å². The third-order valence-electron chi connectivity index (χ3n) is 4.17. The van der Waals surface area contributed by atoms with E-state index in [0.717, 1.165) is 17.9 Å². The Hall–Kier alpha value is -1.62. The minimum atomic E-state index is -0.150. The maximum atomic E-state index is 12.3. The van der Waals surface area contributed by atoms with Gasteiger partial charge in [-0.05, 0) is 57.2 Å². The van der Waals surface area contributed by atoms with Crippen LogP contribution in [-0.4, -0.2) is 31.9 Å². The first-order chi connectivity index (χ1) is 11.6. The van der Waals surface area contributed by atoms with E-state index in [4.69, 9.17) is 9.47 Å². The molecular formula is C19H27NO3S. The number of carbonyl (C=O) groups is 1. The van der Waals surface area contributed by atoms with E-state index in [1.807, 2.05) is 25.1 Å². The fraction of sp³-hybridized carbons (Fsp3) is 0.526. The van der Waals surface area contributed by atoms with Crippen LogP contribution in [0.25, 0.3) is 0 Å². The number of amides is 1. The van der Waals surface area contributed by atoms with Crippen LogP contribution in [0.3, 0.4) is 0 Å². The Kier molecular flexibility index (Phi) is 7.50. The maximum Gasteiger partial charge on any atom is 0.233 e. The standard InChI is InChI=1S/C19H27NO3S/c1-14(19(21)20-12-11-15-7-5-4-6-8-15)24-16-9-10-17(22-2)18(13-16)23-3/h7,9-10,13-14H,4-6,8,11-12H2,1-3H3,(H,20,21)/t14-/m0/s1. The largest absolute Gasteiger partial charge is 0.493 e. The molecule has 0 heterocycles. The van der Waals surface area contributed by atoms with Crippen LogP contribution in [-0.2, 0) is 4.79 Å². The number of carbonyl (C=O) groups excluding carboxylic acids is 1. The van der Waals surface area contributed by atoms with Crippen LogP contribution < -0.4 is 14.8 Å². The van der Waals surface area contributed by atoms with Gasteiger partial charge in [-0.1, -0.05) is 11.6 Å². The summed E-state index contributed by atoms with van der Waals surface area (Å²) >= 11 is 1.52. The van der Waals surface area contributed by atoms with Crippen LogP contribution in [0, 0.1) is 0 Å². The number of thioether (sulfide) groups is 1. The normalized spacial score (nSPS) is 15.4. The van der Waals surface area contributed by atoms with Crippen molar-refractivity contribution in [3.8, 4) is 11.5 Å². The molecule has 2 rings (SSSR count). The van der Waals surface area contributed by atoms with Crippen LogP contribution in [0.15, 0.2) is 34.7 Å². The molecule has 5 heteroatoms. The van der Waals surface area contributed by atoms with Gasteiger partial charge >= 0.3 is 0 Å². The molecule has 0 saturated carbocycles. The fourth-order valence-electron chi connectivity index (χ4n) is 2.77. The minimum absolute atomic E-state index is 0.0752. The number of hydrogen-bond acceptors (Lipinski definition) is 4. The summed E-state index contributed by atoms with van der Waals surface area (Å²) in [5, 5.41) is 2.89. The van der Waals surface area contributed by atoms with Crippen LogP contribution in [0.1, 0.15) is 39.0 Å². The Morgan fingerprint density at radius 3 is 2.71 bits per heavy atom. The second-order valence-corrected chi connectivity index (χ2v) is 7.34. The molecule has 1 aromatic rings. The summed E-state index contributed by atoms with van der Waals surface area (Å²) in [6.07, 6.45) is 8.26. The summed E-state index contributed by atoms with van der Waals surface area (Å²) in [6.45, 7) is 2.65. The van der Waals surface area contributed by atoms with Gasteiger partial charge in [0.1, 0.15) is 0 Å². The zero-order chi connectivity index (χ0) is 17.4. The molecule has 1 aromatic carbocycles. The summed E-state index contributed by atoms with van der Waals surface area (Å²) in [6, 6.07) is 5.71. The van der Waals surface area contributed by atoms with E-state index in [0.29, 0.717) is 11.5 Å². The van der Waals surface area contributed by atoms with Crippen molar-refractivity contribution in [1.29, 1.82) is 0 Å². The first-order valence-electron chi connectivity index (χ1n) is 8.48. The number of methoxy groups -OCH3 is 2. The number of nitrogens with one attached hydrogen (secondary N) is 1. The molecule has 0 saturated heterocycles. The van der Waals surface area contributed by atoms with Crippen LogP contribution in [0.2, 0.25) is 0 Å². The molecule has 0 spiro atoms. The average Bonchev–Trinajstić information content (AvgIpc) is 2.62. The van der Waals surface area contributed by atoms with Crippen molar-refractivity contribution < 1.29 is 14.3 Å². The molecule has 1 atom stereocenters. The van der Waals surface area contributed by atoms with Crippen molar-refractivity contribution in [2.75, 3.05) is 20.8 Å². The molecule has 0 unspecified atom stereocenters. The van der Waals surface area contributed by atoms with Gasteiger partial charge in [0.15, 0.2) is 11.5 Å². The second kappa shape index (κ2) is 9.62. The monoisotopic (exact) mass is 349 g/mol. The zero-order valence-electron chi connectivity index (χ0n) is 14.8. The van der Waals surface area contributed by atoms with Crippen LogP contribution in [0.4, 0.5) is 0 Å². The molecule has 1 amide bonds. The first-order valence-corrected chi connectivity index (χ1v) is 9.36. The van der Waals surface area contributed by atoms with Crippen molar-refractivity contribution in [3.63, 3.8) is 0 Å². The molecule has 1 N–H and O–H groups in total. The molecule has 0 fully saturated rings. The number of hydrogen-bond donors (Lipinski definition) is 1. The van der Waals surface area contributed by atoms with Crippen molar-refractivity contribution in [2.24, 2.45) is 0 Å². The van der Waals surface area contributed by atoms with E-state index in [-0.39, 0.29) is 11.2 Å². The molecule has 1 aliphatic carbocycles. The molecule has 4 nitrogen and oxygen atoms in total. The van der Waals surface area contributed by atoms with Crippen LogP contribution >= 0.6 is 11.8 Å². The lowest BCUT2D eigenvalue weighted by Gasteiger charge is -2.15. The topological polar surface area (TPSA) is 47.6 Å². The minimum Gasteiger partial charge on any atom is -0.493 e. The summed E-state index contributed by atoms with van der Waals surface area (Å²) < 4.78 is 10.5. The molecular weight excluding hydrogens is 322 g/mol. The maximum absolute atomic E-state index is 12.3. The third-order valence-corrected chi connectivity index (χ3v) is 5.26. The number of ether oxygens (including phenoxy) is 2. The summed E-state index contributed by atoms with van der Waals surface area (Å²) in [5.74, 6) is 1.45. The highest BCUT2D eigenvalue weighted by Crippen LogP contribution is 2.33. The predicted molar refractivity (Wildman–Crippen MR) is 99.0 cm³/mol. The van der Waals surface area contributed by atoms with E-state index in [2.05, 4.69) is 11.4 Å². The quantitative estimate of drug-likeness (QED) is 0.565. The average molecular weight is 349 g/mol. The van der Waals surface area contributed by atoms with E-state index < -0.39 is 0 Å². The Balaban J connectivity index is 1.81. The van der Waals surface area contributed by atoms with Gasteiger partial charge in [0.25, 0.3) is 0 Å². The van der Waals surface area contributed by atoms with Crippen molar-refractivity contribution >= 4 is 17.7 Å². The van der Waals surface area contributed by atoms with Gasteiger partial charge < -0.3 is 14.8 Å². The molecule has 1 aliphatic rings. The number of allylic oxidation sites excluding steroid dienone is 1. The van der Waals surface area contributed by atoms with Gasteiger partial charge in [0.2, 0.25) is 5.91 Å². The van der Waals surface area contributed by atoms with Crippen molar-refractivity contribution in [3.05, 3.63) is 29.8 Å². The second-order valence-electron chi connectivity index (χ2n) is 5.93. The molecule has 0 aromatic heterocycles. The Bertz CT molecular complexity index is 586. The Morgan fingerprint density at radius 1 is 1.25 bits per heavy atom. The molecule has 0 aliphatic heterocycles. The lowest BCUT2D eigenvalue weighted by atomic mass is 9.97. The molecule has 0 bridgehead atoms. The summed E-state index contributed by atoms with van der Waals surface area (Å²) in [5.41, 5.74) is 1.49. The van der Waals surface area contributed by atoms with Gasteiger partial charge in [-0.15, -0.1) is 11.8 Å². The van der Waals surface area contributed by atoms with Crippen molar-refractivity contribution in [2.45, 2.75) is 49.2 Å². The van der Waals surface area contributed by atoms with E-state index >= 15 is 0 Å². The fourth-order valence-corrected chi connectivity index (χ4v) is 3.69. The molecule has 132 valence electrons. The smallest absolute Gasteiger partial charge is 0.233 e. The van der Waals surface area contributed by atoms with Gasteiger partial charge in [0.05, 0.1) is 19.5 Å². The lowest BCUT2D eigenvalue weighted by molar-refractivity contribution is -0.120. The van der Waals surface area contributed by atoms with E-state index in [1.165, 1.54) is 43.0 Å². The SMILES string of the molecule is COc1ccc(S[C@@H](C)C(=O)NCCC2=CCCCC2)cc1OC. The molecule has 0 radical (unpaired) electrons. The van der Waals surface area contributed by atoms with Crippen molar-refractivity contribution in [1.82, 2.24) is 5.32 Å². The first kappa shape index (κ1) is 18.7. The zero-order valence-corrected chi connectivity index (χ0v) is 15.6. The molecule has 24 heavy (non-hydrogen) atoms.